The van der Waals surface area contributed by atoms with E-state index in [9.17, 15) is 22.4 Å². The van der Waals surface area contributed by atoms with Gasteiger partial charge in [0.15, 0.2) is 6.10 Å². The molecule has 1 fully saturated rings. The average Bonchev–Trinajstić information content (AvgIpc) is 3.16. The van der Waals surface area contributed by atoms with Gasteiger partial charge in [0, 0.05) is 18.0 Å². The van der Waals surface area contributed by atoms with Gasteiger partial charge in [0.25, 0.3) is 5.91 Å². The van der Waals surface area contributed by atoms with Crippen molar-refractivity contribution in [1.29, 1.82) is 0 Å². The second-order valence-corrected chi connectivity index (χ2v) is 7.88. The minimum atomic E-state index is -4.65. The number of aromatic nitrogens is 2. The molecule has 172 valence electrons. The summed E-state index contributed by atoms with van der Waals surface area (Å²) in [4.78, 5) is 12.5. The van der Waals surface area contributed by atoms with E-state index in [2.05, 4.69) is 26.8 Å². The highest BCUT2D eigenvalue weighted by atomic mass is 19.4. The van der Waals surface area contributed by atoms with E-state index in [0.717, 1.165) is 5.56 Å². The van der Waals surface area contributed by atoms with Crippen LogP contribution in [0.25, 0.3) is 0 Å². The van der Waals surface area contributed by atoms with Gasteiger partial charge < -0.3 is 14.5 Å². The lowest BCUT2D eigenvalue weighted by molar-refractivity contribution is -0.352. The van der Waals surface area contributed by atoms with Gasteiger partial charge in [-0.2, -0.15) is 0 Å². The molecule has 2 aromatic rings. The zero-order valence-electron chi connectivity index (χ0n) is 17.0. The zero-order chi connectivity index (χ0) is 22.9. The number of hydrogen-bond donors (Lipinski definition) is 1. The number of amides is 1. The molecule has 4 rings (SSSR count). The van der Waals surface area contributed by atoms with Gasteiger partial charge in [0.05, 0.1) is 6.10 Å². The van der Waals surface area contributed by atoms with Crippen molar-refractivity contribution in [2.24, 2.45) is 0 Å². The monoisotopic (exact) mass is 455 g/mol. The number of fused-ring (bicyclic) bond motifs is 1. The maximum absolute atomic E-state index is 13.3. The first kappa shape index (κ1) is 22.3. The fraction of sp³-hybridized carbons (Fsp3) is 0.476. The maximum atomic E-state index is 13.3. The fourth-order valence-corrected chi connectivity index (χ4v) is 3.70. The van der Waals surface area contributed by atoms with E-state index in [-0.39, 0.29) is 36.4 Å². The molecule has 1 aromatic carbocycles. The summed E-state index contributed by atoms with van der Waals surface area (Å²) in [5.41, 5.74) is 1.16. The Morgan fingerprint density at radius 3 is 2.81 bits per heavy atom. The molecule has 1 N–H and O–H groups in total. The lowest BCUT2D eigenvalue weighted by Crippen LogP contribution is -2.39. The van der Waals surface area contributed by atoms with Gasteiger partial charge in [-0.1, -0.05) is 6.58 Å². The number of halogens is 4. The predicted octanol–water partition coefficient (Wildman–Crippen LogP) is 3.95. The van der Waals surface area contributed by atoms with Gasteiger partial charge in [-0.05, 0) is 55.9 Å². The number of benzene rings is 1. The van der Waals surface area contributed by atoms with Crippen LogP contribution in [0.2, 0.25) is 0 Å². The third kappa shape index (κ3) is 5.45. The summed E-state index contributed by atoms with van der Waals surface area (Å²) >= 11 is 0. The summed E-state index contributed by atoms with van der Waals surface area (Å²) in [5.74, 6) is 0.121. The van der Waals surface area contributed by atoms with E-state index in [1.165, 1.54) is 18.2 Å². The van der Waals surface area contributed by atoms with Crippen molar-refractivity contribution < 1.29 is 36.2 Å². The minimum absolute atomic E-state index is 0.168. The summed E-state index contributed by atoms with van der Waals surface area (Å²) in [6.45, 7) is 3.82. The first-order valence-corrected chi connectivity index (χ1v) is 10.2. The van der Waals surface area contributed by atoms with Crippen LogP contribution in [-0.2, 0) is 22.4 Å². The molecule has 2 aliphatic rings. The normalized spacial score (nSPS) is 22.4. The molecule has 1 aromatic heterocycles. The quantitative estimate of drug-likeness (QED) is 0.637. The summed E-state index contributed by atoms with van der Waals surface area (Å²) in [7, 11) is 0. The molecule has 2 heterocycles. The van der Waals surface area contributed by atoms with Crippen molar-refractivity contribution in [2.45, 2.75) is 63.0 Å². The molecule has 11 heteroatoms. The second kappa shape index (κ2) is 8.89. The lowest BCUT2D eigenvalue weighted by atomic mass is 9.82. The summed E-state index contributed by atoms with van der Waals surface area (Å²) in [6.07, 6.45) is -4.31. The Balaban J connectivity index is 1.20. The number of rotatable bonds is 7. The molecule has 1 saturated carbocycles. The van der Waals surface area contributed by atoms with E-state index in [1.807, 2.05) is 0 Å². The molecule has 7 nitrogen and oxygen atoms in total. The molecule has 0 spiro atoms. The Bertz CT molecular complexity index is 1000. The van der Waals surface area contributed by atoms with Crippen LogP contribution in [-0.4, -0.2) is 34.7 Å². The van der Waals surface area contributed by atoms with Gasteiger partial charge in [-0.15, -0.1) is 23.4 Å². The third-order valence-electron chi connectivity index (χ3n) is 5.43. The van der Waals surface area contributed by atoms with Gasteiger partial charge >= 0.3 is 6.36 Å². The Labute approximate surface area is 180 Å². The van der Waals surface area contributed by atoms with Crippen molar-refractivity contribution in [3.63, 3.8) is 0 Å². The average molecular weight is 455 g/mol. The third-order valence-corrected chi connectivity index (χ3v) is 5.43. The fourth-order valence-electron chi connectivity index (χ4n) is 3.70. The maximum Gasteiger partial charge on any atom is 0.522 e. The highest BCUT2D eigenvalue weighted by molar-refractivity contribution is 5.83. The molecule has 0 unspecified atom stereocenters. The van der Waals surface area contributed by atoms with E-state index in [1.54, 1.807) is 0 Å². The molecule has 1 aliphatic heterocycles. The first-order valence-electron chi connectivity index (χ1n) is 10.2. The topological polar surface area (TPSA) is 86.5 Å². The highest BCUT2D eigenvalue weighted by Gasteiger charge is 2.42. The van der Waals surface area contributed by atoms with E-state index in [0.29, 0.717) is 43.0 Å². The van der Waals surface area contributed by atoms with Crippen molar-refractivity contribution in [1.82, 2.24) is 15.5 Å². The van der Waals surface area contributed by atoms with E-state index in [4.69, 9.17) is 9.15 Å². The van der Waals surface area contributed by atoms with Crippen molar-refractivity contribution in [3.8, 4) is 5.75 Å². The van der Waals surface area contributed by atoms with Crippen LogP contribution in [0.3, 0.4) is 0 Å². The molecule has 1 aliphatic carbocycles. The highest BCUT2D eigenvalue weighted by Crippen LogP contribution is 2.40. The SMILES string of the molecule is C=C(CCc1nnc(C2CC(OC(F)(F)F)C2)o1)NC(=O)[C@H]1CCc2cc(F)ccc2O1. The largest absolute Gasteiger partial charge is 0.522 e. The van der Waals surface area contributed by atoms with Gasteiger partial charge in [-0.3, -0.25) is 9.53 Å². The molecule has 1 amide bonds. The molecule has 0 saturated heterocycles. The standard InChI is InChI=1S/C21H21F4N3O4/c1-11(26-19(29)17-5-3-12-8-14(22)4-6-16(12)30-17)2-7-18-27-28-20(31-18)13-9-15(10-13)32-21(23,24)25/h4,6,8,13,15,17H,1-3,5,7,9-10H2,(H,26,29)/t13?,15?,17-/m1/s1. The Hall–Kier alpha value is -2.95. The second-order valence-electron chi connectivity index (χ2n) is 7.88. The van der Waals surface area contributed by atoms with Gasteiger partial charge in [0.2, 0.25) is 11.8 Å². The molecule has 1 atom stereocenters. The van der Waals surface area contributed by atoms with Crippen LogP contribution in [0, 0.1) is 5.82 Å². The van der Waals surface area contributed by atoms with E-state index >= 15 is 0 Å². The number of alkyl halides is 3. The summed E-state index contributed by atoms with van der Waals surface area (Å²) in [6, 6.07) is 4.18. The molecule has 0 radical (unpaired) electrons. The number of nitrogens with one attached hydrogen (secondary N) is 1. The van der Waals surface area contributed by atoms with Crippen LogP contribution in [0.1, 0.15) is 48.9 Å². The van der Waals surface area contributed by atoms with Crippen molar-refractivity contribution in [3.05, 3.63) is 53.6 Å². The smallest absolute Gasteiger partial charge is 0.480 e. The predicted molar refractivity (Wildman–Crippen MR) is 102 cm³/mol. The van der Waals surface area contributed by atoms with Crippen molar-refractivity contribution >= 4 is 5.91 Å². The van der Waals surface area contributed by atoms with Gasteiger partial charge in [-0.25, -0.2) is 4.39 Å². The number of allylic oxidation sites excluding steroid dienone is 1. The Morgan fingerprint density at radius 2 is 2.06 bits per heavy atom. The minimum Gasteiger partial charge on any atom is -0.480 e. The zero-order valence-corrected chi connectivity index (χ0v) is 17.0. The van der Waals surface area contributed by atoms with E-state index < -0.39 is 18.6 Å². The van der Waals surface area contributed by atoms with Crippen LogP contribution < -0.4 is 10.1 Å². The number of carbonyl (C=O) groups is 1. The van der Waals surface area contributed by atoms with Crippen molar-refractivity contribution in [2.75, 3.05) is 0 Å². The molecule has 32 heavy (non-hydrogen) atoms. The number of aryl methyl sites for hydroxylation is 2. The Morgan fingerprint density at radius 1 is 1.28 bits per heavy atom. The van der Waals surface area contributed by atoms with Gasteiger partial charge in [0.1, 0.15) is 11.6 Å². The molecule has 0 bridgehead atoms. The number of carbonyl (C=O) groups excluding carboxylic acids is 1. The van der Waals surface area contributed by atoms with Crippen LogP contribution in [0.15, 0.2) is 34.9 Å². The summed E-state index contributed by atoms with van der Waals surface area (Å²) in [5, 5.41) is 10.5. The number of ether oxygens (including phenoxy) is 2. The number of hydrogen-bond acceptors (Lipinski definition) is 6. The Kier molecular flexibility index (Phi) is 6.18. The van der Waals surface area contributed by atoms with Crippen LogP contribution in [0.5, 0.6) is 5.75 Å². The summed E-state index contributed by atoms with van der Waals surface area (Å²) < 4.78 is 65.0. The van der Waals surface area contributed by atoms with Crippen LogP contribution in [0.4, 0.5) is 17.6 Å². The number of nitrogens with zero attached hydrogens (tertiary/aromatic N) is 2. The molecular formula is C21H21F4N3O4. The molecular weight excluding hydrogens is 434 g/mol. The lowest BCUT2D eigenvalue weighted by Gasteiger charge is -2.32. The van der Waals surface area contributed by atoms with Crippen LogP contribution >= 0.6 is 0 Å². The first-order chi connectivity index (χ1) is 15.2.